The molecule has 3 rings (SSSR count). The van der Waals surface area contributed by atoms with E-state index in [0.717, 1.165) is 41.4 Å². The predicted molar refractivity (Wildman–Crippen MR) is 101 cm³/mol. The normalized spacial score (nSPS) is 15.6. The summed E-state index contributed by atoms with van der Waals surface area (Å²) in [6, 6.07) is 10.5. The van der Waals surface area contributed by atoms with E-state index in [2.05, 4.69) is 39.4 Å². The largest absolute Gasteiger partial charge is 0.339 e. The Bertz CT molecular complexity index is 656. The van der Waals surface area contributed by atoms with Crippen LogP contribution in [0, 0.1) is 0 Å². The number of carbonyl (C=O) groups excluding carboxylic acids is 1. The lowest BCUT2D eigenvalue weighted by atomic mass is 10.2. The molecule has 1 amide bonds. The van der Waals surface area contributed by atoms with Crippen LogP contribution in [0.2, 0.25) is 0 Å². The van der Waals surface area contributed by atoms with Crippen molar-refractivity contribution in [1.82, 2.24) is 20.0 Å². The smallest absolute Gasteiger partial charge is 0.233 e. The Morgan fingerprint density at radius 3 is 2.50 bits per heavy atom. The van der Waals surface area contributed by atoms with Crippen molar-refractivity contribution in [1.29, 1.82) is 0 Å². The summed E-state index contributed by atoms with van der Waals surface area (Å²) < 4.78 is 1.81. The van der Waals surface area contributed by atoms with Gasteiger partial charge in [-0.1, -0.05) is 65.2 Å². The quantitative estimate of drug-likeness (QED) is 0.718. The zero-order valence-corrected chi connectivity index (χ0v) is 16.0. The van der Waals surface area contributed by atoms with Crippen LogP contribution in [-0.4, -0.2) is 64.1 Å². The number of hydrogen-bond donors (Lipinski definition) is 0. The summed E-state index contributed by atoms with van der Waals surface area (Å²) in [7, 11) is 0. The van der Waals surface area contributed by atoms with Crippen molar-refractivity contribution in [2.45, 2.75) is 15.2 Å². The molecule has 2 aromatic rings. The second kappa shape index (κ2) is 8.84. The standard InChI is InChI=1S/C16H20N4OS3/c1-22-15-17-18-16(24-15)23-12-14(21)20-9-7-19(8-10-20)11-13-5-3-2-4-6-13/h2-6H,7-12H2,1H3. The molecule has 0 bridgehead atoms. The molecule has 0 unspecified atom stereocenters. The van der Waals surface area contributed by atoms with E-state index >= 15 is 0 Å². The molecule has 1 aromatic heterocycles. The van der Waals surface area contributed by atoms with Crippen LogP contribution in [-0.2, 0) is 11.3 Å². The molecule has 5 nitrogen and oxygen atoms in total. The molecule has 0 radical (unpaired) electrons. The molecular formula is C16H20N4OS3. The van der Waals surface area contributed by atoms with Gasteiger partial charge in [-0.05, 0) is 11.8 Å². The number of thioether (sulfide) groups is 2. The Morgan fingerprint density at radius 1 is 1.12 bits per heavy atom. The van der Waals surface area contributed by atoms with Gasteiger partial charge in [0, 0.05) is 32.7 Å². The third-order valence-electron chi connectivity index (χ3n) is 3.86. The highest BCUT2D eigenvalue weighted by molar-refractivity contribution is 8.03. The summed E-state index contributed by atoms with van der Waals surface area (Å²) >= 11 is 4.62. The number of aromatic nitrogens is 2. The number of rotatable bonds is 6. The fraction of sp³-hybridized carbons (Fsp3) is 0.438. The fourth-order valence-corrected chi connectivity index (χ4v) is 4.89. The zero-order valence-electron chi connectivity index (χ0n) is 13.6. The third kappa shape index (κ3) is 4.95. The average molecular weight is 381 g/mol. The Kier molecular flexibility index (Phi) is 6.53. The van der Waals surface area contributed by atoms with Crippen molar-refractivity contribution in [2.24, 2.45) is 0 Å². The van der Waals surface area contributed by atoms with Crippen LogP contribution >= 0.6 is 34.9 Å². The summed E-state index contributed by atoms with van der Waals surface area (Å²) in [5.74, 6) is 0.641. The summed E-state index contributed by atoms with van der Waals surface area (Å²) in [4.78, 5) is 16.7. The molecule has 1 saturated heterocycles. The monoisotopic (exact) mass is 380 g/mol. The summed E-state index contributed by atoms with van der Waals surface area (Å²) in [6.45, 7) is 4.43. The SMILES string of the molecule is CSc1nnc(SCC(=O)N2CCN(Cc3ccccc3)CC2)s1. The first kappa shape index (κ1) is 17.7. The lowest BCUT2D eigenvalue weighted by Gasteiger charge is -2.34. The predicted octanol–water partition coefficient (Wildman–Crippen LogP) is 2.70. The van der Waals surface area contributed by atoms with Gasteiger partial charge in [0.2, 0.25) is 5.91 Å². The van der Waals surface area contributed by atoms with Crippen LogP contribution in [0.4, 0.5) is 0 Å². The molecule has 1 aliphatic rings. The van der Waals surface area contributed by atoms with E-state index in [4.69, 9.17) is 0 Å². The number of benzene rings is 1. The van der Waals surface area contributed by atoms with Gasteiger partial charge in [-0.25, -0.2) is 0 Å². The minimum absolute atomic E-state index is 0.195. The average Bonchev–Trinajstić information content (AvgIpc) is 3.09. The highest BCUT2D eigenvalue weighted by atomic mass is 32.2. The molecular weight excluding hydrogens is 360 g/mol. The Labute approximate surface area is 154 Å². The molecule has 8 heteroatoms. The van der Waals surface area contributed by atoms with Gasteiger partial charge in [0.05, 0.1) is 5.75 Å². The van der Waals surface area contributed by atoms with E-state index in [1.165, 1.54) is 17.3 Å². The maximum atomic E-state index is 12.4. The zero-order chi connectivity index (χ0) is 16.8. The molecule has 0 aliphatic carbocycles. The van der Waals surface area contributed by atoms with E-state index in [-0.39, 0.29) is 5.91 Å². The van der Waals surface area contributed by atoms with Gasteiger partial charge >= 0.3 is 0 Å². The number of amides is 1. The molecule has 1 aromatic carbocycles. The molecule has 0 spiro atoms. The maximum absolute atomic E-state index is 12.4. The summed E-state index contributed by atoms with van der Waals surface area (Å²) in [6.07, 6.45) is 1.98. The van der Waals surface area contributed by atoms with Gasteiger partial charge < -0.3 is 4.90 Å². The molecule has 1 aliphatic heterocycles. The van der Waals surface area contributed by atoms with Gasteiger partial charge in [0.25, 0.3) is 0 Å². The fourth-order valence-electron chi connectivity index (χ4n) is 2.55. The molecule has 24 heavy (non-hydrogen) atoms. The number of nitrogens with zero attached hydrogens (tertiary/aromatic N) is 4. The van der Waals surface area contributed by atoms with Gasteiger partial charge in [0.15, 0.2) is 8.68 Å². The number of carbonyl (C=O) groups is 1. The topological polar surface area (TPSA) is 49.3 Å². The second-order valence-electron chi connectivity index (χ2n) is 5.47. The minimum atomic E-state index is 0.195. The Hall–Kier alpha value is -1.09. The van der Waals surface area contributed by atoms with E-state index in [1.54, 1.807) is 23.1 Å². The number of piperazine rings is 1. The van der Waals surface area contributed by atoms with Gasteiger partial charge in [0.1, 0.15) is 0 Å². The molecule has 2 heterocycles. The van der Waals surface area contributed by atoms with E-state index < -0.39 is 0 Å². The maximum Gasteiger partial charge on any atom is 0.233 e. The van der Waals surface area contributed by atoms with Crippen LogP contribution < -0.4 is 0 Å². The highest BCUT2D eigenvalue weighted by Gasteiger charge is 2.21. The van der Waals surface area contributed by atoms with Crippen LogP contribution in [0.3, 0.4) is 0 Å². The van der Waals surface area contributed by atoms with Crippen LogP contribution in [0.15, 0.2) is 39.0 Å². The van der Waals surface area contributed by atoms with Gasteiger partial charge in [-0.3, -0.25) is 9.69 Å². The van der Waals surface area contributed by atoms with Crippen molar-refractivity contribution in [3.8, 4) is 0 Å². The Balaban J connectivity index is 1.41. The lowest BCUT2D eigenvalue weighted by molar-refractivity contribution is -0.130. The molecule has 0 N–H and O–H groups in total. The van der Waals surface area contributed by atoms with Gasteiger partial charge in [-0.15, -0.1) is 10.2 Å². The van der Waals surface area contributed by atoms with Crippen molar-refractivity contribution in [2.75, 3.05) is 38.2 Å². The van der Waals surface area contributed by atoms with Crippen LogP contribution in [0.25, 0.3) is 0 Å². The third-order valence-corrected chi connectivity index (χ3v) is 6.87. The van der Waals surface area contributed by atoms with Crippen LogP contribution in [0.1, 0.15) is 5.56 Å². The Morgan fingerprint density at radius 2 is 1.83 bits per heavy atom. The van der Waals surface area contributed by atoms with Gasteiger partial charge in [-0.2, -0.15) is 0 Å². The van der Waals surface area contributed by atoms with E-state index in [9.17, 15) is 4.79 Å². The first-order valence-corrected chi connectivity index (χ1v) is 10.8. The lowest BCUT2D eigenvalue weighted by Crippen LogP contribution is -2.48. The second-order valence-corrected chi connectivity index (χ2v) is 8.72. The van der Waals surface area contributed by atoms with Crippen molar-refractivity contribution >= 4 is 40.8 Å². The molecule has 0 atom stereocenters. The first-order valence-electron chi connectivity index (χ1n) is 7.79. The summed E-state index contributed by atoms with van der Waals surface area (Å²) in [5.41, 5.74) is 1.33. The van der Waals surface area contributed by atoms with Crippen molar-refractivity contribution in [3.63, 3.8) is 0 Å². The van der Waals surface area contributed by atoms with Crippen LogP contribution in [0.5, 0.6) is 0 Å². The van der Waals surface area contributed by atoms with E-state index in [0.29, 0.717) is 5.75 Å². The molecule has 128 valence electrons. The first-order chi connectivity index (χ1) is 11.7. The molecule has 0 saturated carbocycles. The minimum Gasteiger partial charge on any atom is -0.339 e. The highest BCUT2D eigenvalue weighted by Crippen LogP contribution is 2.27. The van der Waals surface area contributed by atoms with E-state index in [1.807, 2.05) is 17.2 Å². The summed E-state index contributed by atoms with van der Waals surface area (Å²) in [5, 5.41) is 8.15. The molecule has 1 fully saturated rings. The number of hydrogen-bond acceptors (Lipinski definition) is 7. The van der Waals surface area contributed by atoms with Crippen molar-refractivity contribution < 1.29 is 4.79 Å². The van der Waals surface area contributed by atoms with Crippen molar-refractivity contribution in [3.05, 3.63) is 35.9 Å².